The summed E-state index contributed by atoms with van der Waals surface area (Å²) < 4.78 is 7.58. The van der Waals surface area contributed by atoms with E-state index in [1.165, 1.54) is 0 Å². The van der Waals surface area contributed by atoms with Crippen LogP contribution in [0.5, 0.6) is 5.75 Å². The summed E-state index contributed by atoms with van der Waals surface area (Å²) in [5.74, 6) is 0.822. The van der Waals surface area contributed by atoms with Gasteiger partial charge in [0, 0.05) is 16.6 Å². The van der Waals surface area contributed by atoms with Gasteiger partial charge in [0.2, 0.25) is 0 Å². The molecule has 0 bridgehead atoms. The van der Waals surface area contributed by atoms with Gasteiger partial charge in [0.25, 0.3) is 0 Å². The fraction of sp³-hybridized carbons (Fsp3) is 0.188. The SMILES string of the molecule is CCOc1c(Br)cc(Br)cc1CNc1ccccc1C#N. The van der Waals surface area contributed by atoms with Crippen molar-refractivity contribution in [3.63, 3.8) is 0 Å². The van der Waals surface area contributed by atoms with Gasteiger partial charge in [-0.3, -0.25) is 0 Å². The second-order valence-electron chi connectivity index (χ2n) is 4.32. The molecule has 0 atom stereocenters. The van der Waals surface area contributed by atoms with Crippen molar-refractivity contribution in [1.82, 2.24) is 0 Å². The van der Waals surface area contributed by atoms with Crippen LogP contribution in [0.15, 0.2) is 45.3 Å². The van der Waals surface area contributed by atoms with E-state index in [2.05, 4.69) is 43.2 Å². The number of nitriles is 1. The second kappa shape index (κ2) is 7.48. The Labute approximate surface area is 141 Å². The normalized spacial score (nSPS) is 10.0. The summed E-state index contributed by atoms with van der Waals surface area (Å²) in [4.78, 5) is 0. The zero-order valence-corrected chi connectivity index (χ0v) is 14.7. The Morgan fingerprint density at radius 1 is 1.24 bits per heavy atom. The minimum Gasteiger partial charge on any atom is -0.492 e. The third-order valence-electron chi connectivity index (χ3n) is 2.89. The Morgan fingerprint density at radius 2 is 2.00 bits per heavy atom. The summed E-state index contributed by atoms with van der Waals surface area (Å²) in [5.41, 5.74) is 2.47. The first kappa shape index (κ1) is 15.9. The molecule has 3 nitrogen and oxygen atoms in total. The first-order valence-electron chi connectivity index (χ1n) is 6.49. The minimum absolute atomic E-state index is 0.575. The average molecular weight is 410 g/mol. The van der Waals surface area contributed by atoms with Gasteiger partial charge in [0.05, 0.1) is 22.3 Å². The molecular formula is C16H14Br2N2O. The van der Waals surface area contributed by atoms with E-state index in [0.29, 0.717) is 18.7 Å². The molecular weight excluding hydrogens is 396 g/mol. The van der Waals surface area contributed by atoms with Crippen LogP contribution >= 0.6 is 31.9 Å². The molecule has 0 amide bonds. The van der Waals surface area contributed by atoms with E-state index < -0.39 is 0 Å². The van der Waals surface area contributed by atoms with Gasteiger partial charge in [-0.2, -0.15) is 5.26 Å². The van der Waals surface area contributed by atoms with E-state index in [4.69, 9.17) is 10.00 Å². The maximum atomic E-state index is 9.11. The van der Waals surface area contributed by atoms with Gasteiger partial charge in [-0.15, -0.1) is 0 Å². The van der Waals surface area contributed by atoms with Crippen molar-refractivity contribution < 1.29 is 4.74 Å². The van der Waals surface area contributed by atoms with Crippen molar-refractivity contribution in [2.75, 3.05) is 11.9 Å². The highest BCUT2D eigenvalue weighted by molar-refractivity contribution is 9.11. The molecule has 0 aromatic heterocycles. The quantitative estimate of drug-likeness (QED) is 0.747. The highest BCUT2D eigenvalue weighted by atomic mass is 79.9. The first-order valence-corrected chi connectivity index (χ1v) is 8.08. The maximum absolute atomic E-state index is 9.11. The van der Waals surface area contributed by atoms with Crippen LogP contribution in [0.4, 0.5) is 5.69 Å². The van der Waals surface area contributed by atoms with Crippen LogP contribution in [0, 0.1) is 11.3 Å². The van der Waals surface area contributed by atoms with Crippen molar-refractivity contribution in [2.45, 2.75) is 13.5 Å². The molecule has 21 heavy (non-hydrogen) atoms. The standard InChI is InChI=1S/C16H14Br2N2O/c1-2-21-16-12(7-13(17)8-14(16)18)10-20-15-6-4-3-5-11(15)9-19/h3-8,20H,2,10H2,1H3. The molecule has 0 radical (unpaired) electrons. The molecule has 0 aliphatic carbocycles. The predicted molar refractivity (Wildman–Crippen MR) is 91.5 cm³/mol. The number of rotatable bonds is 5. The average Bonchev–Trinajstić information content (AvgIpc) is 2.48. The molecule has 0 saturated heterocycles. The number of para-hydroxylation sites is 1. The third kappa shape index (κ3) is 3.99. The number of hydrogen-bond acceptors (Lipinski definition) is 3. The van der Waals surface area contributed by atoms with Crippen molar-refractivity contribution >= 4 is 37.5 Å². The second-order valence-corrected chi connectivity index (χ2v) is 6.09. The van der Waals surface area contributed by atoms with Gasteiger partial charge in [0.1, 0.15) is 11.8 Å². The monoisotopic (exact) mass is 408 g/mol. The van der Waals surface area contributed by atoms with E-state index in [-0.39, 0.29) is 0 Å². The summed E-state index contributed by atoms with van der Waals surface area (Å²) in [6, 6.07) is 13.6. The lowest BCUT2D eigenvalue weighted by atomic mass is 10.1. The van der Waals surface area contributed by atoms with E-state index in [1.807, 2.05) is 37.3 Å². The van der Waals surface area contributed by atoms with E-state index in [1.54, 1.807) is 6.07 Å². The minimum atomic E-state index is 0.575. The molecule has 0 aliphatic rings. The molecule has 0 heterocycles. The molecule has 0 spiro atoms. The van der Waals surface area contributed by atoms with Gasteiger partial charge in [-0.05, 0) is 47.1 Å². The highest BCUT2D eigenvalue weighted by Crippen LogP contribution is 2.33. The lowest BCUT2D eigenvalue weighted by Gasteiger charge is -2.14. The molecule has 108 valence electrons. The predicted octanol–water partition coefficient (Wildman–Crippen LogP) is 5.09. The Kier molecular flexibility index (Phi) is 5.66. The van der Waals surface area contributed by atoms with Gasteiger partial charge in [-0.25, -0.2) is 0 Å². The maximum Gasteiger partial charge on any atom is 0.138 e. The van der Waals surface area contributed by atoms with Gasteiger partial charge in [-0.1, -0.05) is 28.1 Å². The van der Waals surface area contributed by atoms with Gasteiger partial charge >= 0.3 is 0 Å². The van der Waals surface area contributed by atoms with Crippen LogP contribution in [0.25, 0.3) is 0 Å². The number of anilines is 1. The largest absolute Gasteiger partial charge is 0.492 e. The molecule has 1 N–H and O–H groups in total. The van der Waals surface area contributed by atoms with Crippen LogP contribution in [0.2, 0.25) is 0 Å². The number of ether oxygens (including phenoxy) is 1. The number of benzene rings is 2. The van der Waals surface area contributed by atoms with Gasteiger partial charge in [0.15, 0.2) is 0 Å². The van der Waals surface area contributed by atoms with Crippen molar-refractivity contribution in [3.8, 4) is 11.8 Å². The fourth-order valence-electron chi connectivity index (χ4n) is 1.98. The Hall–Kier alpha value is -1.51. The smallest absolute Gasteiger partial charge is 0.138 e. The molecule has 0 fully saturated rings. The molecule has 2 aromatic carbocycles. The molecule has 0 saturated carbocycles. The molecule has 2 aromatic rings. The van der Waals surface area contributed by atoms with Crippen molar-refractivity contribution in [3.05, 3.63) is 56.5 Å². The number of halogens is 2. The van der Waals surface area contributed by atoms with E-state index in [9.17, 15) is 0 Å². The fourth-order valence-corrected chi connectivity index (χ4v) is 3.40. The summed E-state index contributed by atoms with van der Waals surface area (Å²) in [6.45, 7) is 3.13. The molecule has 2 rings (SSSR count). The third-order valence-corrected chi connectivity index (χ3v) is 3.94. The lowest BCUT2D eigenvalue weighted by molar-refractivity contribution is 0.334. The van der Waals surface area contributed by atoms with Gasteiger partial charge < -0.3 is 10.1 Å². The lowest BCUT2D eigenvalue weighted by Crippen LogP contribution is -2.05. The van der Waals surface area contributed by atoms with E-state index in [0.717, 1.165) is 25.9 Å². The number of nitrogens with one attached hydrogen (secondary N) is 1. The topological polar surface area (TPSA) is 45.0 Å². The van der Waals surface area contributed by atoms with Crippen LogP contribution in [-0.4, -0.2) is 6.61 Å². The first-order chi connectivity index (χ1) is 10.2. The van der Waals surface area contributed by atoms with Crippen LogP contribution < -0.4 is 10.1 Å². The molecule has 5 heteroatoms. The number of nitrogens with zero attached hydrogens (tertiary/aromatic N) is 1. The Balaban J connectivity index is 2.25. The summed E-state index contributed by atoms with van der Waals surface area (Å²) >= 11 is 7.01. The highest BCUT2D eigenvalue weighted by Gasteiger charge is 2.10. The van der Waals surface area contributed by atoms with Crippen LogP contribution in [-0.2, 0) is 6.54 Å². The zero-order valence-electron chi connectivity index (χ0n) is 11.5. The molecule has 0 aliphatic heterocycles. The van der Waals surface area contributed by atoms with E-state index >= 15 is 0 Å². The summed E-state index contributed by atoms with van der Waals surface area (Å²) in [6.07, 6.45) is 0. The molecule has 0 unspecified atom stereocenters. The van der Waals surface area contributed by atoms with Crippen LogP contribution in [0.1, 0.15) is 18.1 Å². The Morgan fingerprint density at radius 3 is 2.71 bits per heavy atom. The number of hydrogen-bond donors (Lipinski definition) is 1. The zero-order chi connectivity index (χ0) is 15.2. The summed E-state index contributed by atoms with van der Waals surface area (Å²) in [7, 11) is 0. The van der Waals surface area contributed by atoms with Crippen LogP contribution in [0.3, 0.4) is 0 Å². The Bertz CT molecular complexity index is 680. The van der Waals surface area contributed by atoms with Crippen molar-refractivity contribution in [1.29, 1.82) is 5.26 Å². The van der Waals surface area contributed by atoms with Crippen molar-refractivity contribution in [2.24, 2.45) is 0 Å². The summed E-state index contributed by atoms with van der Waals surface area (Å²) in [5, 5.41) is 12.4.